The van der Waals surface area contributed by atoms with E-state index in [0.29, 0.717) is 10.5 Å². The van der Waals surface area contributed by atoms with Gasteiger partial charge in [-0.15, -0.1) is 10.2 Å². The lowest BCUT2D eigenvalue weighted by Gasteiger charge is -1.83. The van der Waals surface area contributed by atoms with Crippen molar-refractivity contribution in [2.24, 2.45) is 0 Å². The highest BCUT2D eigenvalue weighted by Crippen LogP contribution is 1.98. The zero-order chi connectivity index (χ0) is 8.01. The molecule has 2 heterocycles. The van der Waals surface area contributed by atoms with Crippen LogP contribution in [-0.4, -0.2) is 24.5 Å². The van der Waals surface area contributed by atoms with Crippen molar-refractivity contribution in [2.45, 2.75) is 6.92 Å². The maximum Gasteiger partial charge on any atom is 0.271 e. The minimum Gasteiger partial charge on any atom is -0.334 e. The molecule has 0 aliphatic heterocycles. The molecule has 0 fully saturated rings. The number of nitrogen functional groups attached to an aromatic ring is 1. The summed E-state index contributed by atoms with van der Waals surface area (Å²) < 4.78 is 3.33. The molecule has 6 nitrogen and oxygen atoms in total. The molecule has 2 aromatic heterocycles. The lowest BCUT2D eigenvalue weighted by Crippen LogP contribution is -2.08. The van der Waals surface area contributed by atoms with Crippen LogP contribution in [0.2, 0.25) is 0 Å². The van der Waals surface area contributed by atoms with Gasteiger partial charge in [-0.25, -0.2) is 4.52 Å². The maximum absolute atomic E-state index is 5.51. The third-order valence-electron chi connectivity index (χ3n) is 1.45. The topological polar surface area (TPSA) is 76.9 Å². The number of rotatable bonds is 0. The summed E-state index contributed by atoms with van der Waals surface area (Å²) in [5, 5.41) is 10.4. The molecule has 11 heavy (non-hydrogen) atoms. The van der Waals surface area contributed by atoms with Gasteiger partial charge in [0.25, 0.3) is 5.78 Å². The van der Waals surface area contributed by atoms with Crippen molar-refractivity contribution in [3.8, 4) is 0 Å². The van der Waals surface area contributed by atoms with Gasteiger partial charge in [0.15, 0.2) is 5.82 Å². The molecule has 2 aromatic rings. The summed E-state index contributed by atoms with van der Waals surface area (Å²) in [6.45, 7) is 1.81. The maximum atomic E-state index is 5.51. The molecule has 7 heteroatoms. The normalized spacial score (nSPS) is 11.0. The molecule has 58 valence electrons. The van der Waals surface area contributed by atoms with Crippen LogP contribution in [-0.2, 0) is 0 Å². The lowest BCUT2D eigenvalue weighted by atomic mass is 10.7. The smallest absolute Gasteiger partial charge is 0.271 e. The summed E-state index contributed by atoms with van der Waals surface area (Å²) in [7, 11) is 0. The number of nitrogens with two attached hydrogens (primary N) is 1. The lowest BCUT2D eigenvalue weighted by molar-refractivity contribution is 0.877. The van der Waals surface area contributed by atoms with Crippen molar-refractivity contribution in [3.05, 3.63) is 10.6 Å². The Bertz CT molecular complexity index is 447. The molecule has 0 bridgehead atoms. The van der Waals surface area contributed by atoms with Crippen LogP contribution in [0.1, 0.15) is 5.82 Å². The van der Waals surface area contributed by atoms with Crippen LogP contribution in [0.5, 0.6) is 0 Å². The highest BCUT2D eigenvalue weighted by molar-refractivity contribution is 7.71. The molecule has 2 rings (SSSR count). The Labute approximate surface area is 66.6 Å². The number of nitrogens with zero attached hydrogens (tertiary/aromatic N) is 4. The number of aromatic amines is 1. The fourth-order valence-corrected chi connectivity index (χ4v) is 1.05. The van der Waals surface area contributed by atoms with Crippen LogP contribution in [0.15, 0.2) is 0 Å². The fourth-order valence-electron chi connectivity index (χ4n) is 0.878. The Morgan fingerprint density at radius 1 is 1.55 bits per heavy atom. The highest BCUT2D eigenvalue weighted by atomic mass is 32.1. The average molecular weight is 170 g/mol. The third-order valence-corrected chi connectivity index (χ3v) is 1.74. The Morgan fingerprint density at radius 3 is 2.91 bits per heavy atom. The third kappa shape index (κ3) is 0.679. The minimum absolute atomic E-state index is 0.429. The van der Waals surface area contributed by atoms with E-state index in [9.17, 15) is 0 Å². The van der Waals surface area contributed by atoms with Crippen molar-refractivity contribution in [1.29, 1.82) is 0 Å². The summed E-state index contributed by atoms with van der Waals surface area (Å²) in [6, 6.07) is 0. The summed E-state index contributed by atoms with van der Waals surface area (Å²) in [6.07, 6.45) is 0. The Hall–Kier alpha value is -1.37. The number of fused-ring (bicyclic) bond motifs is 1. The van der Waals surface area contributed by atoms with Crippen LogP contribution in [0.25, 0.3) is 5.78 Å². The van der Waals surface area contributed by atoms with Crippen LogP contribution in [0.3, 0.4) is 0 Å². The first-order valence-electron chi connectivity index (χ1n) is 2.98. The van der Waals surface area contributed by atoms with Gasteiger partial charge in [-0.05, 0) is 19.1 Å². The molecule has 0 spiro atoms. The second-order valence-electron chi connectivity index (χ2n) is 2.17. The first kappa shape index (κ1) is 6.35. The van der Waals surface area contributed by atoms with Crippen molar-refractivity contribution in [2.75, 3.05) is 5.84 Å². The van der Waals surface area contributed by atoms with E-state index in [0.717, 1.165) is 5.82 Å². The molecule has 0 radical (unpaired) electrons. The number of nitrogens with one attached hydrogen (secondary N) is 1. The minimum atomic E-state index is 0.429. The zero-order valence-electron chi connectivity index (χ0n) is 5.77. The SMILES string of the molecule is Cc1nnc2n(N)c(=S)[nH]n12. The summed E-state index contributed by atoms with van der Waals surface area (Å²) in [4.78, 5) is 0. The van der Waals surface area contributed by atoms with Crippen molar-refractivity contribution in [1.82, 2.24) is 24.5 Å². The molecule has 0 saturated carbocycles. The van der Waals surface area contributed by atoms with Gasteiger partial charge in [0.1, 0.15) is 0 Å². The van der Waals surface area contributed by atoms with E-state index >= 15 is 0 Å². The largest absolute Gasteiger partial charge is 0.334 e. The molecule has 0 aliphatic rings. The molecule has 0 aromatic carbocycles. The Balaban J connectivity index is 3.05. The standard InChI is InChI=1S/C4H6N6S/c1-2-6-7-3-9(5)4(11)8-10(2)3/h5H2,1H3,(H,8,11). The van der Waals surface area contributed by atoms with Crippen molar-refractivity contribution in [3.63, 3.8) is 0 Å². The molecule has 0 amide bonds. The molecular weight excluding hydrogens is 164 g/mol. The number of H-pyrrole nitrogens is 1. The monoisotopic (exact) mass is 170 g/mol. The van der Waals surface area contributed by atoms with Crippen LogP contribution in [0.4, 0.5) is 0 Å². The summed E-state index contributed by atoms with van der Waals surface area (Å²) in [5.74, 6) is 6.76. The average Bonchev–Trinajstić information content (AvgIpc) is 2.43. The van der Waals surface area contributed by atoms with E-state index in [-0.39, 0.29) is 0 Å². The Morgan fingerprint density at radius 2 is 2.27 bits per heavy atom. The Kier molecular flexibility index (Phi) is 1.05. The molecule has 0 atom stereocenters. The van der Waals surface area contributed by atoms with Crippen LogP contribution < -0.4 is 5.84 Å². The quantitative estimate of drug-likeness (QED) is 0.417. The zero-order valence-corrected chi connectivity index (χ0v) is 6.59. The van der Waals surface area contributed by atoms with Crippen molar-refractivity contribution >= 4 is 18.0 Å². The molecule has 0 saturated heterocycles. The van der Waals surface area contributed by atoms with E-state index in [1.54, 1.807) is 4.52 Å². The van der Waals surface area contributed by atoms with Gasteiger partial charge in [-0.2, -0.15) is 4.68 Å². The number of aromatic nitrogens is 5. The first-order valence-corrected chi connectivity index (χ1v) is 3.39. The van der Waals surface area contributed by atoms with Crippen LogP contribution in [0, 0.1) is 11.7 Å². The number of aryl methyl sites for hydroxylation is 1. The van der Waals surface area contributed by atoms with Crippen molar-refractivity contribution < 1.29 is 0 Å². The van der Waals surface area contributed by atoms with E-state index < -0.39 is 0 Å². The van der Waals surface area contributed by atoms with E-state index in [1.165, 1.54) is 4.68 Å². The number of hydrogen-bond acceptors (Lipinski definition) is 4. The van der Waals surface area contributed by atoms with Gasteiger partial charge in [0.2, 0.25) is 4.77 Å². The van der Waals surface area contributed by atoms with E-state index in [2.05, 4.69) is 15.3 Å². The predicted molar refractivity (Wildman–Crippen MR) is 41.0 cm³/mol. The molecule has 0 aliphatic carbocycles. The molecule has 3 N–H and O–H groups in total. The van der Waals surface area contributed by atoms with Gasteiger partial charge in [-0.3, -0.25) is 5.10 Å². The van der Waals surface area contributed by atoms with Gasteiger partial charge < -0.3 is 5.84 Å². The van der Waals surface area contributed by atoms with E-state index in [4.69, 9.17) is 18.1 Å². The van der Waals surface area contributed by atoms with Crippen LogP contribution >= 0.6 is 12.2 Å². The predicted octanol–water partition coefficient (Wildman–Crippen LogP) is -0.389. The highest BCUT2D eigenvalue weighted by Gasteiger charge is 2.05. The molecular formula is C4H6N6S. The number of hydrogen-bond donors (Lipinski definition) is 2. The summed E-state index contributed by atoms with van der Waals surface area (Å²) >= 11 is 4.86. The van der Waals surface area contributed by atoms with Gasteiger partial charge in [0.05, 0.1) is 0 Å². The second-order valence-corrected chi connectivity index (χ2v) is 2.56. The van der Waals surface area contributed by atoms with Gasteiger partial charge >= 0.3 is 0 Å². The van der Waals surface area contributed by atoms with E-state index in [1.807, 2.05) is 6.92 Å². The fraction of sp³-hybridized carbons (Fsp3) is 0.250. The molecule has 0 unspecified atom stereocenters. The van der Waals surface area contributed by atoms with Gasteiger partial charge in [-0.1, -0.05) is 0 Å². The second kappa shape index (κ2) is 1.82. The summed E-state index contributed by atoms with van der Waals surface area (Å²) in [5.41, 5.74) is 0. The van der Waals surface area contributed by atoms with Gasteiger partial charge in [0, 0.05) is 0 Å². The first-order chi connectivity index (χ1) is 5.20.